The predicted molar refractivity (Wildman–Crippen MR) is 109 cm³/mol. The highest BCUT2D eigenvalue weighted by Gasteiger charge is 2.18. The smallest absolute Gasteiger partial charge is 0.264 e. The molecule has 0 aliphatic rings. The number of rotatable bonds is 6. The topological polar surface area (TPSA) is 85.4 Å². The third-order valence-corrected chi connectivity index (χ3v) is 4.21. The molecular weight excluding hydrogens is 356 g/mol. The van der Waals surface area contributed by atoms with Crippen LogP contribution in [0, 0.1) is 13.8 Å². The average Bonchev–Trinajstić information content (AvgIpc) is 2.70. The van der Waals surface area contributed by atoms with Gasteiger partial charge in [-0.05, 0) is 49.7 Å². The summed E-state index contributed by atoms with van der Waals surface area (Å²) in [5, 5.41) is 14.1. The molecule has 7 heteroatoms. The summed E-state index contributed by atoms with van der Waals surface area (Å²) in [6, 6.07) is 14.7. The lowest BCUT2D eigenvalue weighted by Gasteiger charge is -2.13. The van der Waals surface area contributed by atoms with Crippen molar-refractivity contribution in [3.8, 4) is 11.5 Å². The Kier molecular flexibility index (Phi) is 5.74. The molecule has 0 radical (unpaired) electrons. The zero-order chi connectivity index (χ0) is 20.1. The highest BCUT2D eigenvalue weighted by Crippen LogP contribution is 2.29. The molecule has 3 rings (SSSR count). The van der Waals surface area contributed by atoms with Gasteiger partial charge >= 0.3 is 0 Å². The van der Waals surface area contributed by atoms with E-state index in [0.29, 0.717) is 28.7 Å². The van der Waals surface area contributed by atoms with Gasteiger partial charge in [0, 0.05) is 5.69 Å². The second-order valence-electron chi connectivity index (χ2n) is 6.24. The number of ether oxygens (including phenoxy) is 2. The van der Waals surface area contributed by atoms with Crippen molar-refractivity contribution in [3.63, 3.8) is 0 Å². The second kappa shape index (κ2) is 8.39. The van der Waals surface area contributed by atoms with Crippen LogP contribution in [0.1, 0.15) is 21.5 Å². The number of amides is 1. The molecule has 0 aliphatic heterocycles. The summed E-state index contributed by atoms with van der Waals surface area (Å²) in [4.78, 5) is 12.7. The molecule has 0 unspecified atom stereocenters. The van der Waals surface area contributed by atoms with E-state index in [2.05, 4.69) is 26.9 Å². The number of nitrogens with one attached hydrogen (secondary N) is 2. The van der Waals surface area contributed by atoms with Crippen LogP contribution in [0.4, 0.5) is 17.3 Å². The summed E-state index contributed by atoms with van der Waals surface area (Å²) in [5.41, 5.74) is 3.56. The fourth-order valence-corrected chi connectivity index (χ4v) is 2.81. The van der Waals surface area contributed by atoms with Crippen LogP contribution in [0.5, 0.6) is 11.5 Å². The molecule has 1 heterocycles. The summed E-state index contributed by atoms with van der Waals surface area (Å²) >= 11 is 0. The van der Waals surface area contributed by atoms with Crippen molar-refractivity contribution >= 4 is 23.2 Å². The number of anilines is 3. The van der Waals surface area contributed by atoms with Gasteiger partial charge in [-0.2, -0.15) is 0 Å². The minimum atomic E-state index is -0.390. The molecule has 2 aromatic carbocycles. The van der Waals surface area contributed by atoms with Gasteiger partial charge in [0.1, 0.15) is 17.1 Å². The summed E-state index contributed by atoms with van der Waals surface area (Å²) in [6.07, 6.45) is 0. The monoisotopic (exact) mass is 378 g/mol. The number of aryl methyl sites for hydroxylation is 2. The number of hydrogen-bond acceptors (Lipinski definition) is 6. The van der Waals surface area contributed by atoms with Crippen LogP contribution < -0.4 is 20.1 Å². The molecule has 1 aromatic heterocycles. The lowest BCUT2D eigenvalue weighted by molar-refractivity contribution is 0.102. The Morgan fingerprint density at radius 2 is 1.54 bits per heavy atom. The zero-order valence-corrected chi connectivity index (χ0v) is 16.2. The fourth-order valence-electron chi connectivity index (χ4n) is 2.81. The van der Waals surface area contributed by atoms with Crippen molar-refractivity contribution in [1.82, 2.24) is 10.2 Å². The minimum Gasteiger partial charge on any atom is -0.496 e. The average molecular weight is 378 g/mol. The first kappa shape index (κ1) is 19.2. The minimum absolute atomic E-state index is 0.298. The van der Waals surface area contributed by atoms with E-state index < -0.39 is 5.91 Å². The van der Waals surface area contributed by atoms with Crippen LogP contribution in [0.3, 0.4) is 0 Å². The molecule has 2 N–H and O–H groups in total. The van der Waals surface area contributed by atoms with E-state index in [1.807, 2.05) is 26.0 Å². The van der Waals surface area contributed by atoms with Crippen molar-refractivity contribution in [1.29, 1.82) is 0 Å². The van der Waals surface area contributed by atoms with Gasteiger partial charge in [-0.3, -0.25) is 4.79 Å². The zero-order valence-electron chi connectivity index (χ0n) is 16.2. The van der Waals surface area contributed by atoms with Crippen LogP contribution in [0.15, 0.2) is 48.5 Å². The van der Waals surface area contributed by atoms with Gasteiger partial charge in [-0.15, -0.1) is 10.2 Å². The van der Waals surface area contributed by atoms with Gasteiger partial charge in [0.05, 0.1) is 14.2 Å². The Morgan fingerprint density at radius 3 is 2.11 bits per heavy atom. The van der Waals surface area contributed by atoms with Crippen molar-refractivity contribution in [2.75, 3.05) is 24.9 Å². The number of aromatic nitrogens is 2. The first-order valence-corrected chi connectivity index (χ1v) is 8.72. The molecule has 7 nitrogen and oxygen atoms in total. The molecule has 0 bridgehead atoms. The normalized spacial score (nSPS) is 10.3. The number of methoxy groups -OCH3 is 2. The largest absolute Gasteiger partial charge is 0.496 e. The number of benzene rings is 2. The first-order valence-electron chi connectivity index (χ1n) is 8.72. The number of carbonyl (C=O) groups excluding carboxylic acids is 1. The van der Waals surface area contributed by atoms with Gasteiger partial charge in [0.2, 0.25) is 0 Å². The molecule has 0 aliphatic carbocycles. The maximum absolute atomic E-state index is 12.7. The summed E-state index contributed by atoms with van der Waals surface area (Å²) in [5.74, 6) is 1.35. The van der Waals surface area contributed by atoms with Crippen LogP contribution >= 0.6 is 0 Å². The lowest BCUT2D eigenvalue weighted by Crippen LogP contribution is -2.16. The van der Waals surface area contributed by atoms with E-state index in [4.69, 9.17) is 9.47 Å². The molecule has 0 saturated heterocycles. The maximum atomic E-state index is 12.7. The highest BCUT2D eigenvalue weighted by molar-refractivity contribution is 6.07. The molecule has 1 amide bonds. The van der Waals surface area contributed by atoms with Gasteiger partial charge in [0.15, 0.2) is 11.6 Å². The van der Waals surface area contributed by atoms with Crippen molar-refractivity contribution in [2.24, 2.45) is 0 Å². The Bertz CT molecular complexity index is 965. The maximum Gasteiger partial charge on any atom is 0.264 e. The first-order chi connectivity index (χ1) is 13.5. The Labute approximate surface area is 163 Å². The quantitative estimate of drug-likeness (QED) is 0.671. The van der Waals surface area contributed by atoms with E-state index in [9.17, 15) is 4.79 Å². The Balaban J connectivity index is 1.75. The van der Waals surface area contributed by atoms with Crippen LogP contribution in [-0.4, -0.2) is 30.3 Å². The molecule has 0 saturated carbocycles. The lowest BCUT2D eigenvalue weighted by atomic mass is 10.1. The highest BCUT2D eigenvalue weighted by atomic mass is 16.5. The second-order valence-corrected chi connectivity index (χ2v) is 6.24. The molecule has 0 fully saturated rings. The van der Waals surface area contributed by atoms with Gasteiger partial charge in [0.25, 0.3) is 5.91 Å². The van der Waals surface area contributed by atoms with Crippen LogP contribution in [0.2, 0.25) is 0 Å². The van der Waals surface area contributed by atoms with Crippen molar-refractivity contribution in [2.45, 2.75) is 13.8 Å². The van der Waals surface area contributed by atoms with E-state index in [1.165, 1.54) is 19.8 Å². The molecule has 3 aromatic rings. The standard InChI is InChI=1S/C21H22N4O3/c1-13-8-9-15(14(2)12-13)22-18-10-11-19(25-24-18)23-21(26)20-16(27-3)6-5-7-17(20)28-4/h5-12H,1-4H3,(H,22,24)(H,23,25,26). The molecular formula is C21H22N4O3. The molecule has 144 valence electrons. The molecule has 0 atom stereocenters. The van der Waals surface area contributed by atoms with Crippen LogP contribution in [0.25, 0.3) is 0 Å². The number of carbonyl (C=O) groups is 1. The molecule has 28 heavy (non-hydrogen) atoms. The van der Waals surface area contributed by atoms with E-state index >= 15 is 0 Å². The van der Waals surface area contributed by atoms with Crippen molar-refractivity contribution < 1.29 is 14.3 Å². The predicted octanol–water partition coefficient (Wildman–Crippen LogP) is 4.11. The Morgan fingerprint density at radius 1 is 0.893 bits per heavy atom. The van der Waals surface area contributed by atoms with Gasteiger partial charge in [-0.1, -0.05) is 23.8 Å². The van der Waals surface area contributed by atoms with E-state index in [1.54, 1.807) is 30.3 Å². The van der Waals surface area contributed by atoms with E-state index in [-0.39, 0.29) is 0 Å². The number of nitrogens with zero attached hydrogens (tertiary/aromatic N) is 2. The van der Waals surface area contributed by atoms with Gasteiger partial charge in [-0.25, -0.2) is 0 Å². The van der Waals surface area contributed by atoms with Gasteiger partial charge < -0.3 is 20.1 Å². The third kappa shape index (κ3) is 4.20. The summed E-state index contributed by atoms with van der Waals surface area (Å²) < 4.78 is 10.5. The van der Waals surface area contributed by atoms with Crippen LogP contribution in [-0.2, 0) is 0 Å². The van der Waals surface area contributed by atoms with E-state index in [0.717, 1.165) is 11.3 Å². The SMILES string of the molecule is COc1cccc(OC)c1C(=O)Nc1ccc(Nc2ccc(C)cc2C)nn1. The summed E-state index contributed by atoms with van der Waals surface area (Å²) in [7, 11) is 3.00. The fraction of sp³-hybridized carbons (Fsp3) is 0.190. The Hall–Kier alpha value is -3.61. The third-order valence-electron chi connectivity index (χ3n) is 4.21. The summed E-state index contributed by atoms with van der Waals surface area (Å²) in [6.45, 7) is 4.07. The molecule has 0 spiro atoms. The van der Waals surface area contributed by atoms with Crippen molar-refractivity contribution in [3.05, 3.63) is 65.2 Å². The number of hydrogen-bond donors (Lipinski definition) is 2.